The van der Waals surface area contributed by atoms with Gasteiger partial charge in [0, 0.05) is 16.6 Å². The summed E-state index contributed by atoms with van der Waals surface area (Å²) in [5.41, 5.74) is 4.08. The minimum absolute atomic E-state index is 0.234. The van der Waals surface area contributed by atoms with E-state index in [2.05, 4.69) is 4.98 Å². The summed E-state index contributed by atoms with van der Waals surface area (Å²) < 4.78 is 10.4. The first kappa shape index (κ1) is 13.5. The summed E-state index contributed by atoms with van der Waals surface area (Å²) in [6.07, 6.45) is 0.275. The van der Waals surface area contributed by atoms with Crippen molar-refractivity contribution in [2.24, 2.45) is 0 Å². The van der Waals surface area contributed by atoms with Gasteiger partial charge in [0.25, 0.3) is 0 Å². The summed E-state index contributed by atoms with van der Waals surface area (Å²) >= 11 is 0. The van der Waals surface area contributed by atoms with Crippen LogP contribution >= 0.6 is 0 Å². The number of esters is 1. The highest BCUT2D eigenvalue weighted by molar-refractivity contribution is 5.90. The number of aromatic nitrogens is 1. The van der Waals surface area contributed by atoms with Crippen LogP contribution in [0.5, 0.6) is 5.75 Å². The van der Waals surface area contributed by atoms with Gasteiger partial charge in [-0.05, 0) is 44.0 Å². The smallest absolute Gasteiger partial charge is 0.310 e. The number of ether oxygens (including phenoxy) is 2. The van der Waals surface area contributed by atoms with Crippen molar-refractivity contribution < 1.29 is 14.3 Å². The van der Waals surface area contributed by atoms with E-state index in [-0.39, 0.29) is 12.4 Å². The van der Waals surface area contributed by atoms with Crippen LogP contribution in [-0.2, 0) is 16.0 Å². The Bertz CT molecular complexity index is 613. The molecule has 0 spiro atoms. The van der Waals surface area contributed by atoms with Gasteiger partial charge in [-0.1, -0.05) is 0 Å². The number of carbonyl (C=O) groups is 1. The van der Waals surface area contributed by atoms with E-state index in [1.165, 1.54) is 7.11 Å². The number of H-pyrrole nitrogens is 1. The molecule has 0 atom stereocenters. The Morgan fingerprint density at radius 3 is 2.68 bits per heavy atom. The Hall–Kier alpha value is -1.97. The quantitative estimate of drug-likeness (QED) is 0.861. The Balaban J connectivity index is 2.53. The van der Waals surface area contributed by atoms with Crippen molar-refractivity contribution >= 4 is 16.9 Å². The molecule has 0 amide bonds. The summed E-state index contributed by atoms with van der Waals surface area (Å²) in [7, 11) is 1.41. The van der Waals surface area contributed by atoms with Crippen molar-refractivity contribution in [1.82, 2.24) is 4.98 Å². The van der Waals surface area contributed by atoms with Crippen molar-refractivity contribution in [3.05, 3.63) is 29.0 Å². The summed E-state index contributed by atoms with van der Waals surface area (Å²) in [6.45, 7) is 6.57. The summed E-state index contributed by atoms with van der Waals surface area (Å²) in [5, 5.41) is 1.02. The number of fused-ring (bicyclic) bond motifs is 1. The lowest BCUT2D eigenvalue weighted by molar-refractivity contribution is -0.139. The number of rotatable bonds is 4. The van der Waals surface area contributed by atoms with Crippen molar-refractivity contribution in [1.29, 1.82) is 0 Å². The van der Waals surface area contributed by atoms with E-state index < -0.39 is 0 Å². The van der Waals surface area contributed by atoms with Gasteiger partial charge in [-0.2, -0.15) is 0 Å². The first-order valence-corrected chi connectivity index (χ1v) is 6.38. The number of aromatic amines is 1. The molecule has 0 saturated heterocycles. The summed E-state index contributed by atoms with van der Waals surface area (Å²) in [6, 6.07) is 4.05. The van der Waals surface area contributed by atoms with Crippen LogP contribution in [0.15, 0.2) is 12.1 Å². The third-order valence-electron chi connectivity index (χ3n) is 3.26. The summed E-state index contributed by atoms with van der Waals surface area (Å²) in [4.78, 5) is 14.8. The van der Waals surface area contributed by atoms with Gasteiger partial charge in [-0.3, -0.25) is 4.79 Å². The van der Waals surface area contributed by atoms with Gasteiger partial charge in [-0.15, -0.1) is 0 Å². The molecule has 4 nitrogen and oxygen atoms in total. The molecule has 1 heterocycles. The number of nitrogens with one attached hydrogen (secondary N) is 1. The second kappa shape index (κ2) is 5.34. The van der Waals surface area contributed by atoms with Gasteiger partial charge in [0.15, 0.2) is 0 Å². The Labute approximate surface area is 112 Å². The lowest BCUT2D eigenvalue weighted by atomic mass is 10.1. The molecule has 2 rings (SSSR count). The number of aryl methyl sites for hydroxylation is 2. The zero-order valence-corrected chi connectivity index (χ0v) is 11.8. The van der Waals surface area contributed by atoms with E-state index in [1.54, 1.807) is 0 Å². The summed E-state index contributed by atoms with van der Waals surface area (Å²) in [5.74, 6) is 0.627. The van der Waals surface area contributed by atoms with E-state index in [9.17, 15) is 4.79 Å². The predicted octanol–water partition coefficient (Wildman–Crippen LogP) is 2.90. The topological polar surface area (TPSA) is 51.3 Å². The molecular formula is C15H19NO3. The maximum Gasteiger partial charge on any atom is 0.310 e. The second-order valence-electron chi connectivity index (χ2n) is 4.58. The molecule has 0 aliphatic carbocycles. The molecule has 0 radical (unpaired) electrons. The molecule has 1 aromatic heterocycles. The van der Waals surface area contributed by atoms with E-state index >= 15 is 0 Å². The zero-order valence-electron chi connectivity index (χ0n) is 11.8. The molecule has 0 aliphatic rings. The van der Waals surface area contributed by atoms with Gasteiger partial charge in [0.05, 0.1) is 20.1 Å². The van der Waals surface area contributed by atoms with Crippen LogP contribution in [0.1, 0.15) is 23.7 Å². The maximum atomic E-state index is 11.5. The highest BCUT2D eigenvalue weighted by atomic mass is 16.5. The van der Waals surface area contributed by atoms with Gasteiger partial charge in [-0.25, -0.2) is 0 Å². The fourth-order valence-corrected chi connectivity index (χ4v) is 2.28. The first-order chi connectivity index (χ1) is 9.06. The van der Waals surface area contributed by atoms with E-state index in [0.717, 1.165) is 33.5 Å². The molecule has 4 heteroatoms. The fraction of sp³-hybridized carbons (Fsp3) is 0.400. The third-order valence-corrected chi connectivity index (χ3v) is 3.26. The van der Waals surface area contributed by atoms with Crippen molar-refractivity contribution in [3.8, 4) is 5.75 Å². The molecule has 1 N–H and O–H groups in total. The van der Waals surface area contributed by atoms with Gasteiger partial charge in [0.2, 0.25) is 0 Å². The standard InChI is InChI=1S/C15H19NO3/c1-5-19-14-7-12-11(8-15(17)18-4)10(3)16-13(12)6-9(14)2/h6-7,16H,5,8H2,1-4H3. The van der Waals surface area contributed by atoms with Crippen molar-refractivity contribution in [3.63, 3.8) is 0 Å². The lowest BCUT2D eigenvalue weighted by Crippen LogP contribution is -2.05. The number of benzene rings is 1. The lowest BCUT2D eigenvalue weighted by Gasteiger charge is -2.07. The second-order valence-corrected chi connectivity index (χ2v) is 4.58. The number of carbonyl (C=O) groups excluding carboxylic acids is 1. The van der Waals surface area contributed by atoms with E-state index in [0.29, 0.717) is 6.61 Å². The largest absolute Gasteiger partial charge is 0.494 e. The van der Waals surface area contributed by atoms with Gasteiger partial charge in [0.1, 0.15) is 5.75 Å². The number of hydrogen-bond donors (Lipinski definition) is 1. The van der Waals surface area contributed by atoms with Crippen LogP contribution in [0.4, 0.5) is 0 Å². The molecule has 102 valence electrons. The Morgan fingerprint density at radius 2 is 2.05 bits per heavy atom. The van der Waals surface area contributed by atoms with Gasteiger partial charge >= 0.3 is 5.97 Å². The van der Waals surface area contributed by atoms with Gasteiger partial charge < -0.3 is 14.5 Å². The van der Waals surface area contributed by atoms with Crippen LogP contribution in [0.25, 0.3) is 10.9 Å². The average molecular weight is 261 g/mol. The average Bonchev–Trinajstić information content (AvgIpc) is 2.66. The molecule has 0 fully saturated rings. The molecule has 0 bridgehead atoms. The van der Waals surface area contributed by atoms with Crippen LogP contribution in [0.2, 0.25) is 0 Å². The molecule has 19 heavy (non-hydrogen) atoms. The Morgan fingerprint density at radius 1 is 1.32 bits per heavy atom. The van der Waals surface area contributed by atoms with Crippen molar-refractivity contribution in [2.45, 2.75) is 27.2 Å². The molecule has 0 saturated carbocycles. The monoisotopic (exact) mass is 261 g/mol. The number of methoxy groups -OCH3 is 1. The highest BCUT2D eigenvalue weighted by Crippen LogP contribution is 2.30. The highest BCUT2D eigenvalue weighted by Gasteiger charge is 2.14. The first-order valence-electron chi connectivity index (χ1n) is 6.38. The van der Waals surface area contributed by atoms with Crippen LogP contribution in [0, 0.1) is 13.8 Å². The van der Waals surface area contributed by atoms with Crippen LogP contribution in [0.3, 0.4) is 0 Å². The SMILES string of the molecule is CCOc1cc2c(CC(=O)OC)c(C)[nH]c2cc1C. The Kier molecular flexibility index (Phi) is 3.79. The molecule has 1 aromatic carbocycles. The van der Waals surface area contributed by atoms with E-state index in [4.69, 9.17) is 9.47 Å². The molecule has 0 aliphatic heterocycles. The molecule has 2 aromatic rings. The zero-order chi connectivity index (χ0) is 14.0. The maximum absolute atomic E-state index is 11.5. The minimum atomic E-state index is -0.234. The van der Waals surface area contributed by atoms with Crippen LogP contribution in [-0.4, -0.2) is 24.7 Å². The van der Waals surface area contributed by atoms with E-state index in [1.807, 2.05) is 32.9 Å². The molecular weight excluding hydrogens is 242 g/mol. The van der Waals surface area contributed by atoms with Crippen LogP contribution < -0.4 is 4.74 Å². The fourth-order valence-electron chi connectivity index (χ4n) is 2.28. The normalized spacial score (nSPS) is 10.7. The predicted molar refractivity (Wildman–Crippen MR) is 74.7 cm³/mol. The number of hydrogen-bond acceptors (Lipinski definition) is 3. The third kappa shape index (κ3) is 2.57. The van der Waals surface area contributed by atoms with Crippen molar-refractivity contribution in [2.75, 3.05) is 13.7 Å². The minimum Gasteiger partial charge on any atom is -0.494 e. The molecule has 0 unspecified atom stereocenters.